The van der Waals surface area contributed by atoms with E-state index in [1.807, 2.05) is 39.9 Å². The molecule has 1 aliphatic rings. The summed E-state index contributed by atoms with van der Waals surface area (Å²) in [4.78, 5) is 29.4. The average molecular weight is 490 g/mol. The molecule has 188 valence electrons. The number of carbonyl (C=O) groups excluding carboxylic acids is 1. The lowest BCUT2D eigenvalue weighted by molar-refractivity contribution is 0.204. The molecule has 36 heavy (non-hydrogen) atoms. The molecule has 5 rings (SSSR count). The van der Waals surface area contributed by atoms with E-state index in [-0.39, 0.29) is 12.6 Å². The normalized spacial score (nSPS) is 15.9. The van der Waals surface area contributed by atoms with E-state index < -0.39 is 12.1 Å². The molecule has 1 fully saturated rings. The van der Waals surface area contributed by atoms with Gasteiger partial charge in [-0.2, -0.15) is 10.1 Å². The molecular formula is C25H31N9O2. The van der Waals surface area contributed by atoms with Crippen LogP contribution < -0.4 is 16.0 Å². The van der Waals surface area contributed by atoms with Crippen molar-refractivity contribution in [3.63, 3.8) is 0 Å². The Morgan fingerprint density at radius 2 is 1.92 bits per heavy atom. The molecule has 1 saturated heterocycles. The summed E-state index contributed by atoms with van der Waals surface area (Å²) in [5, 5.41) is 19.4. The predicted molar refractivity (Wildman–Crippen MR) is 139 cm³/mol. The van der Waals surface area contributed by atoms with Crippen molar-refractivity contribution < 1.29 is 9.90 Å². The number of nitrogens with two attached hydrogens (primary N) is 1. The van der Waals surface area contributed by atoms with Crippen LogP contribution in [0.3, 0.4) is 0 Å². The van der Waals surface area contributed by atoms with Gasteiger partial charge in [0.2, 0.25) is 5.95 Å². The van der Waals surface area contributed by atoms with Crippen LogP contribution in [0.4, 0.5) is 16.6 Å². The van der Waals surface area contributed by atoms with Gasteiger partial charge < -0.3 is 26.0 Å². The van der Waals surface area contributed by atoms with Crippen molar-refractivity contribution in [1.29, 1.82) is 0 Å². The highest BCUT2D eigenvalue weighted by Crippen LogP contribution is 2.30. The third-order valence-corrected chi connectivity index (χ3v) is 6.82. The molecule has 11 nitrogen and oxygen atoms in total. The smallest absolute Gasteiger partial charge is 0.314 e. The number of hydrogen-bond donors (Lipinski definition) is 3. The maximum Gasteiger partial charge on any atom is 0.314 e. The van der Waals surface area contributed by atoms with Crippen LogP contribution >= 0.6 is 0 Å². The quantitative estimate of drug-likeness (QED) is 0.360. The van der Waals surface area contributed by atoms with Crippen LogP contribution in [0.5, 0.6) is 0 Å². The molecule has 1 aliphatic heterocycles. The van der Waals surface area contributed by atoms with Crippen LogP contribution in [0.15, 0.2) is 42.7 Å². The number of aromatic nitrogens is 5. The number of pyridine rings is 1. The van der Waals surface area contributed by atoms with Crippen LogP contribution in [0, 0.1) is 0 Å². The summed E-state index contributed by atoms with van der Waals surface area (Å²) in [7, 11) is 0. The van der Waals surface area contributed by atoms with Gasteiger partial charge in [0.25, 0.3) is 0 Å². The number of nitrogens with one attached hydrogen (secondary N) is 1. The van der Waals surface area contributed by atoms with E-state index in [1.54, 1.807) is 17.3 Å². The first-order chi connectivity index (χ1) is 17.5. The average Bonchev–Trinajstić information content (AvgIpc) is 3.35. The fraction of sp³-hybridized carbons (Fsp3) is 0.400. The number of hydrogen-bond acceptors (Lipinski definition) is 8. The monoisotopic (exact) mass is 489 g/mol. The molecule has 2 atom stereocenters. The fourth-order valence-electron chi connectivity index (χ4n) is 4.50. The Kier molecular flexibility index (Phi) is 6.55. The summed E-state index contributed by atoms with van der Waals surface area (Å²) in [5.41, 5.74) is 8.70. The summed E-state index contributed by atoms with van der Waals surface area (Å²) in [6.07, 6.45) is 4.43. The lowest BCUT2D eigenvalue weighted by atomic mass is 10.1. The number of para-hydroxylation sites is 1. The zero-order valence-corrected chi connectivity index (χ0v) is 20.5. The van der Waals surface area contributed by atoms with Crippen molar-refractivity contribution in [2.45, 2.75) is 32.4 Å². The highest BCUT2D eigenvalue weighted by Gasteiger charge is 2.25. The van der Waals surface area contributed by atoms with Crippen molar-refractivity contribution in [2.24, 2.45) is 5.73 Å². The van der Waals surface area contributed by atoms with E-state index in [0.29, 0.717) is 43.5 Å². The molecule has 3 aromatic heterocycles. The van der Waals surface area contributed by atoms with E-state index in [4.69, 9.17) is 15.7 Å². The molecule has 4 aromatic rings. The molecule has 4 heterocycles. The van der Waals surface area contributed by atoms with E-state index in [9.17, 15) is 9.90 Å². The van der Waals surface area contributed by atoms with Gasteiger partial charge in [-0.1, -0.05) is 25.1 Å². The summed E-state index contributed by atoms with van der Waals surface area (Å²) in [6.45, 7) is 6.23. The zero-order valence-electron chi connectivity index (χ0n) is 20.5. The summed E-state index contributed by atoms with van der Waals surface area (Å²) >= 11 is 0. The summed E-state index contributed by atoms with van der Waals surface area (Å²) in [6, 6.07) is 9.22. The summed E-state index contributed by atoms with van der Waals surface area (Å²) < 4.78 is 1.93. The van der Waals surface area contributed by atoms with Crippen LogP contribution in [-0.2, 0) is 0 Å². The molecule has 0 bridgehead atoms. The third kappa shape index (κ3) is 4.49. The van der Waals surface area contributed by atoms with Gasteiger partial charge in [-0.15, -0.1) is 0 Å². The number of urea groups is 1. The number of fused-ring (bicyclic) bond motifs is 2. The molecule has 0 saturated carbocycles. The number of amides is 2. The molecular weight excluding hydrogens is 458 g/mol. The third-order valence-electron chi connectivity index (χ3n) is 6.82. The number of anilines is 2. The largest absolute Gasteiger partial charge is 0.394 e. The predicted octanol–water partition coefficient (Wildman–Crippen LogP) is 2.69. The van der Waals surface area contributed by atoms with Crippen molar-refractivity contribution in [3.8, 4) is 0 Å². The Morgan fingerprint density at radius 3 is 2.64 bits per heavy atom. The van der Waals surface area contributed by atoms with Gasteiger partial charge in [-0.25, -0.2) is 9.78 Å². The van der Waals surface area contributed by atoms with Gasteiger partial charge in [-0.3, -0.25) is 9.67 Å². The van der Waals surface area contributed by atoms with Gasteiger partial charge in [0, 0.05) is 43.8 Å². The van der Waals surface area contributed by atoms with Crippen LogP contribution in [0.2, 0.25) is 0 Å². The van der Waals surface area contributed by atoms with Gasteiger partial charge in [0.05, 0.1) is 24.4 Å². The van der Waals surface area contributed by atoms with Crippen LogP contribution in [-0.4, -0.2) is 73.6 Å². The Morgan fingerprint density at radius 1 is 1.14 bits per heavy atom. The van der Waals surface area contributed by atoms with E-state index >= 15 is 0 Å². The first-order valence-corrected chi connectivity index (χ1v) is 12.2. The lowest BCUT2D eigenvalue weighted by Gasteiger charge is -2.34. The molecule has 1 unspecified atom stereocenters. The second-order valence-electron chi connectivity index (χ2n) is 9.11. The second-order valence-corrected chi connectivity index (χ2v) is 9.11. The maximum absolute atomic E-state index is 11.5. The fourth-order valence-corrected chi connectivity index (χ4v) is 4.50. The number of aliphatic hydroxyl groups excluding tert-OH is 1. The molecule has 4 N–H and O–H groups in total. The second kappa shape index (κ2) is 9.94. The van der Waals surface area contributed by atoms with Crippen molar-refractivity contribution in [2.75, 3.05) is 43.0 Å². The molecule has 0 aliphatic carbocycles. The molecule has 1 aromatic carbocycles. The minimum atomic E-state index is -0.431. The van der Waals surface area contributed by atoms with Crippen LogP contribution in [0.1, 0.15) is 37.9 Å². The highest BCUT2D eigenvalue weighted by molar-refractivity contribution is 5.87. The number of primary amides is 1. The number of carbonyl (C=O) groups is 1. The Labute approximate surface area is 208 Å². The first-order valence-electron chi connectivity index (χ1n) is 12.2. The van der Waals surface area contributed by atoms with E-state index in [2.05, 4.69) is 29.2 Å². The van der Waals surface area contributed by atoms with E-state index in [1.165, 1.54) is 0 Å². The first kappa shape index (κ1) is 23.7. The van der Waals surface area contributed by atoms with Gasteiger partial charge in [0.15, 0.2) is 5.82 Å². The Hall–Kier alpha value is -3.99. The van der Waals surface area contributed by atoms with E-state index in [0.717, 1.165) is 28.4 Å². The number of benzene rings is 1. The lowest BCUT2D eigenvalue weighted by Crippen LogP contribution is -2.51. The van der Waals surface area contributed by atoms with Crippen molar-refractivity contribution in [1.82, 2.24) is 29.6 Å². The minimum Gasteiger partial charge on any atom is -0.394 e. The number of rotatable bonds is 7. The van der Waals surface area contributed by atoms with Crippen LogP contribution in [0.25, 0.3) is 21.9 Å². The van der Waals surface area contributed by atoms with Gasteiger partial charge >= 0.3 is 6.03 Å². The molecule has 0 radical (unpaired) electrons. The number of piperazine rings is 1. The molecule has 0 spiro atoms. The summed E-state index contributed by atoms with van der Waals surface area (Å²) in [5.74, 6) is 1.14. The molecule has 11 heteroatoms. The zero-order chi connectivity index (χ0) is 25.2. The highest BCUT2D eigenvalue weighted by atomic mass is 16.3. The maximum atomic E-state index is 11.5. The molecule has 2 amide bonds. The number of aliphatic hydroxyl groups is 1. The Bertz CT molecular complexity index is 1380. The minimum absolute atomic E-state index is 0.143. The Balaban J connectivity index is 1.53. The van der Waals surface area contributed by atoms with Gasteiger partial charge in [-0.05, 0) is 31.0 Å². The van der Waals surface area contributed by atoms with Gasteiger partial charge in [0.1, 0.15) is 11.0 Å². The SMILES string of the molecule is CC[C@H](C)n1ncc2nc(N3CCN(C(N)=O)CC3)nc(NC(CO)c3cnc4ccccc4c3)c21. The number of nitrogens with zero attached hydrogens (tertiary/aromatic N) is 7. The topological polar surface area (TPSA) is 138 Å². The van der Waals surface area contributed by atoms with Crippen molar-refractivity contribution in [3.05, 3.63) is 48.3 Å². The van der Waals surface area contributed by atoms with Crippen molar-refractivity contribution >= 4 is 39.7 Å². The standard InChI is InChI=1S/C25H31N9O2/c1-3-16(2)34-22-20(14-28-34)30-25(33-10-8-32(9-11-33)24(26)36)31-23(22)29-21(15-35)18-12-17-6-4-5-7-19(17)27-13-18/h4-7,12-14,16,21,35H,3,8-11,15H2,1-2H3,(H2,26,36)(H,29,30,31)/t16-,21?/m0/s1.